The second kappa shape index (κ2) is 8.33. The van der Waals surface area contributed by atoms with E-state index < -0.39 is 0 Å². The molecule has 6 nitrogen and oxygen atoms in total. The zero-order valence-corrected chi connectivity index (χ0v) is 14.4. The van der Waals surface area contributed by atoms with Crippen molar-refractivity contribution in [3.8, 4) is 0 Å². The molecule has 0 bridgehead atoms. The number of hydrogen-bond donors (Lipinski definition) is 2. The molecule has 0 aliphatic carbocycles. The van der Waals surface area contributed by atoms with Gasteiger partial charge in [0.2, 0.25) is 0 Å². The van der Waals surface area contributed by atoms with E-state index in [4.69, 9.17) is 0 Å². The second-order valence-corrected chi connectivity index (χ2v) is 5.73. The maximum absolute atomic E-state index is 4.28. The molecule has 6 heteroatoms. The lowest BCUT2D eigenvalue weighted by atomic mass is 10.1. The van der Waals surface area contributed by atoms with Crippen molar-refractivity contribution < 1.29 is 0 Å². The van der Waals surface area contributed by atoms with Gasteiger partial charge in [0.25, 0.3) is 0 Å². The minimum absolute atomic E-state index is 0.690. The Morgan fingerprint density at radius 2 is 1.83 bits per heavy atom. The number of nitrogens with one attached hydrogen (secondary N) is 2. The highest BCUT2D eigenvalue weighted by Crippen LogP contribution is 2.10. The molecule has 1 aromatic heterocycles. The van der Waals surface area contributed by atoms with Gasteiger partial charge in [-0.2, -0.15) is 5.10 Å². The normalized spacial score (nSPS) is 11.8. The first-order valence-corrected chi connectivity index (χ1v) is 7.73. The number of hydrogen-bond acceptors (Lipinski definition) is 3. The van der Waals surface area contributed by atoms with E-state index in [2.05, 4.69) is 64.0 Å². The molecule has 0 amide bonds. The Morgan fingerprint density at radius 1 is 1.13 bits per heavy atom. The van der Waals surface area contributed by atoms with Crippen molar-refractivity contribution in [1.29, 1.82) is 0 Å². The summed E-state index contributed by atoms with van der Waals surface area (Å²) < 4.78 is 1.85. The van der Waals surface area contributed by atoms with Crippen LogP contribution in [0.3, 0.4) is 0 Å². The summed E-state index contributed by atoms with van der Waals surface area (Å²) in [5.41, 5.74) is 3.72. The van der Waals surface area contributed by atoms with Crippen LogP contribution < -0.4 is 10.6 Å². The van der Waals surface area contributed by atoms with Crippen molar-refractivity contribution >= 4 is 5.96 Å². The van der Waals surface area contributed by atoms with Crippen molar-refractivity contribution in [3.63, 3.8) is 0 Å². The van der Waals surface area contributed by atoms with E-state index in [9.17, 15) is 0 Å². The van der Waals surface area contributed by atoms with Gasteiger partial charge in [-0.1, -0.05) is 24.3 Å². The summed E-state index contributed by atoms with van der Waals surface area (Å²) in [6.07, 6.45) is 1.80. The van der Waals surface area contributed by atoms with Gasteiger partial charge in [0.15, 0.2) is 5.96 Å². The lowest BCUT2D eigenvalue weighted by Crippen LogP contribution is -2.37. The van der Waals surface area contributed by atoms with Gasteiger partial charge in [-0.15, -0.1) is 0 Å². The Morgan fingerprint density at radius 3 is 2.43 bits per heavy atom. The fourth-order valence-corrected chi connectivity index (χ4v) is 2.37. The molecule has 23 heavy (non-hydrogen) atoms. The van der Waals surface area contributed by atoms with Gasteiger partial charge < -0.3 is 15.5 Å². The van der Waals surface area contributed by atoms with Crippen LogP contribution in [0.4, 0.5) is 0 Å². The Hall–Kier alpha value is -2.34. The van der Waals surface area contributed by atoms with E-state index in [0.717, 1.165) is 24.7 Å². The predicted octanol–water partition coefficient (Wildman–Crippen LogP) is 1.35. The predicted molar refractivity (Wildman–Crippen MR) is 94.1 cm³/mol. The fraction of sp³-hybridized carbons (Fsp3) is 0.412. The molecule has 1 heterocycles. The smallest absolute Gasteiger partial charge is 0.191 e. The number of nitrogens with zero attached hydrogens (tertiary/aromatic N) is 4. The van der Waals surface area contributed by atoms with Crippen LogP contribution in [0, 0.1) is 0 Å². The lowest BCUT2D eigenvalue weighted by Gasteiger charge is -2.16. The average Bonchev–Trinajstić information content (AvgIpc) is 2.93. The molecule has 0 fully saturated rings. The van der Waals surface area contributed by atoms with Gasteiger partial charge in [0.05, 0.1) is 12.2 Å². The van der Waals surface area contributed by atoms with Gasteiger partial charge in [0, 0.05) is 33.4 Å². The third-order valence-corrected chi connectivity index (χ3v) is 3.63. The summed E-state index contributed by atoms with van der Waals surface area (Å²) in [4.78, 5) is 6.45. The summed E-state index contributed by atoms with van der Waals surface area (Å²) in [5, 5.41) is 10.8. The molecule has 2 rings (SSSR count). The average molecular weight is 314 g/mol. The molecule has 0 atom stereocenters. The van der Waals surface area contributed by atoms with Crippen LogP contribution in [0.5, 0.6) is 0 Å². The molecule has 0 aliphatic heterocycles. The zero-order chi connectivity index (χ0) is 16.7. The Labute approximate surface area is 138 Å². The number of benzene rings is 1. The lowest BCUT2D eigenvalue weighted by molar-refractivity contribution is 0.400. The molecular weight excluding hydrogens is 288 g/mol. The van der Waals surface area contributed by atoms with Crippen molar-refractivity contribution in [2.45, 2.75) is 19.6 Å². The first kappa shape index (κ1) is 17.0. The number of aromatic nitrogens is 2. The number of guanidine groups is 1. The SMILES string of the molecule is CN=C(NCc1ccccc1CN(C)C)NCc1ccnn1C. The minimum atomic E-state index is 0.690. The molecule has 1 aromatic carbocycles. The van der Waals surface area contributed by atoms with Crippen molar-refractivity contribution in [3.05, 3.63) is 53.3 Å². The number of aryl methyl sites for hydroxylation is 1. The summed E-state index contributed by atoms with van der Waals surface area (Å²) in [5.74, 6) is 0.783. The van der Waals surface area contributed by atoms with E-state index >= 15 is 0 Å². The monoisotopic (exact) mass is 314 g/mol. The van der Waals surface area contributed by atoms with Gasteiger partial charge in [-0.05, 0) is 31.3 Å². The van der Waals surface area contributed by atoms with Crippen LogP contribution in [0.15, 0.2) is 41.5 Å². The largest absolute Gasteiger partial charge is 0.352 e. The summed E-state index contributed by atoms with van der Waals surface area (Å²) in [6.45, 7) is 2.36. The second-order valence-electron chi connectivity index (χ2n) is 5.73. The van der Waals surface area contributed by atoms with Crippen LogP contribution in [-0.2, 0) is 26.7 Å². The van der Waals surface area contributed by atoms with E-state index in [1.807, 2.05) is 17.8 Å². The van der Waals surface area contributed by atoms with E-state index in [1.54, 1.807) is 13.2 Å². The van der Waals surface area contributed by atoms with Crippen LogP contribution in [0.25, 0.3) is 0 Å². The topological polar surface area (TPSA) is 57.5 Å². The Balaban J connectivity index is 1.92. The van der Waals surface area contributed by atoms with Crippen LogP contribution >= 0.6 is 0 Å². The molecule has 2 N–H and O–H groups in total. The van der Waals surface area contributed by atoms with Crippen molar-refractivity contribution in [1.82, 2.24) is 25.3 Å². The molecule has 2 aromatic rings. The van der Waals surface area contributed by atoms with Gasteiger partial charge >= 0.3 is 0 Å². The molecular formula is C17H26N6. The maximum Gasteiger partial charge on any atom is 0.191 e. The van der Waals surface area contributed by atoms with E-state index in [-0.39, 0.29) is 0 Å². The molecule has 0 saturated carbocycles. The molecule has 0 radical (unpaired) electrons. The summed E-state index contributed by atoms with van der Waals surface area (Å²) in [6, 6.07) is 10.5. The highest BCUT2D eigenvalue weighted by Gasteiger charge is 2.05. The van der Waals surface area contributed by atoms with E-state index in [1.165, 1.54) is 11.1 Å². The van der Waals surface area contributed by atoms with Crippen molar-refractivity contribution in [2.75, 3.05) is 21.1 Å². The van der Waals surface area contributed by atoms with E-state index in [0.29, 0.717) is 6.54 Å². The fourth-order valence-electron chi connectivity index (χ4n) is 2.37. The van der Waals surface area contributed by atoms with Crippen LogP contribution in [-0.4, -0.2) is 41.8 Å². The highest BCUT2D eigenvalue weighted by molar-refractivity contribution is 5.79. The molecule has 124 valence electrons. The van der Waals surface area contributed by atoms with Gasteiger partial charge in [-0.25, -0.2) is 0 Å². The summed E-state index contributed by atoms with van der Waals surface area (Å²) in [7, 11) is 7.88. The third kappa shape index (κ3) is 5.10. The molecule has 0 aliphatic rings. The summed E-state index contributed by atoms with van der Waals surface area (Å²) >= 11 is 0. The van der Waals surface area contributed by atoms with Crippen molar-refractivity contribution in [2.24, 2.45) is 12.0 Å². The zero-order valence-electron chi connectivity index (χ0n) is 14.4. The number of rotatable bonds is 6. The van der Waals surface area contributed by atoms with Crippen LogP contribution in [0.1, 0.15) is 16.8 Å². The minimum Gasteiger partial charge on any atom is -0.352 e. The third-order valence-electron chi connectivity index (χ3n) is 3.63. The Bertz CT molecular complexity index is 644. The quantitative estimate of drug-likeness (QED) is 0.624. The number of aliphatic imine (C=N–C) groups is 1. The molecule has 0 saturated heterocycles. The standard InChI is InChI=1S/C17H26N6/c1-18-17(20-12-16-9-10-21-23(16)4)19-11-14-7-5-6-8-15(14)13-22(2)3/h5-10H,11-13H2,1-4H3,(H2,18,19,20). The van der Waals surface area contributed by atoms with Crippen LogP contribution in [0.2, 0.25) is 0 Å². The Kier molecular flexibility index (Phi) is 6.17. The molecule has 0 spiro atoms. The van der Waals surface area contributed by atoms with Gasteiger partial charge in [0.1, 0.15) is 0 Å². The van der Waals surface area contributed by atoms with Gasteiger partial charge in [-0.3, -0.25) is 9.67 Å². The first-order valence-electron chi connectivity index (χ1n) is 7.73. The maximum atomic E-state index is 4.28. The highest BCUT2D eigenvalue weighted by atomic mass is 15.3. The first-order chi connectivity index (χ1) is 11.1. The molecule has 0 unspecified atom stereocenters.